The Kier molecular flexibility index (Phi) is 5.79. The molecule has 8 nitrogen and oxygen atoms in total. The van der Waals surface area contributed by atoms with E-state index in [1.165, 1.54) is 37.4 Å². The molecule has 0 radical (unpaired) electrons. The summed E-state index contributed by atoms with van der Waals surface area (Å²) in [6.07, 6.45) is 1.21. The van der Waals surface area contributed by atoms with Crippen LogP contribution in [0, 0.1) is 21.4 Å². The second-order valence-electron chi connectivity index (χ2n) is 5.21. The first-order chi connectivity index (χ1) is 12.4. The SMILES string of the molecule is CC(=O)c1ccc(NC(=O)/C(C#N)=C\Nc2ccc([N+](=O)[O-])cc2)cc1. The molecular formula is C18H14N4O4. The van der Waals surface area contributed by atoms with Gasteiger partial charge in [0.2, 0.25) is 0 Å². The summed E-state index contributed by atoms with van der Waals surface area (Å²) in [5.74, 6) is -0.717. The number of rotatable bonds is 6. The van der Waals surface area contributed by atoms with Crippen molar-refractivity contribution in [2.45, 2.75) is 6.92 Å². The molecule has 1 amide bonds. The number of nitrogens with zero attached hydrogens (tertiary/aromatic N) is 2. The number of anilines is 2. The van der Waals surface area contributed by atoms with Crippen molar-refractivity contribution in [1.29, 1.82) is 5.26 Å². The highest BCUT2D eigenvalue weighted by Gasteiger charge is 2.10. The Morgan fingerprint density at radius 1 is 1.08 bits per heavy atom. The number of carbonyl (C=O) groups is 2. The summed E-state index contributed by atoms with van der Waals surface area (Å²) in [6, 6.07) is 13.6. The molecule has 2 aromatic rings. The molecule has 2 aromatic carbocycles. The van der Waals surface area contributed by atoms with Crippen LogP contribution in [0.4, 0.5) is 17.1 Å². The summed E-state index contributed by atoms with van der Waals surface area (Å²) in [5, 5.41) is 25.0. The average molecular weight is 350 g/mol. The minimum Gasteiger partial charge on any atom is -0.360 e. The van der Waals surface area contributed by atoms with Gasteiger partial charge in [0.15, 0.2) is 5.78 Å². The lowest BCUT2D eigenvalue weighted by Crippen LogP contribution is -2.14. The molecule has 0 saturated heterocycles. The summed E-state index contributed by atoms with van der Waals surface area (Å²) in [4.78, 5) is 33.4. The first-order valence-corrected chi connectivity index (χ1v) is 7.44. The Morgan fingerprint density at radius 3 is 2.15 bits per heavy atom. The fraction of sp³-hybridized carbons (Fsp3) is 0.0556. The number of hydrogen-bond acceptors (Lipinski definition) is 6. The van der Waals surface area contributed by atoms with Gasteiger partial charge in [-0.2, -0.15) is 5.26 Å². The van der Waals surface area contributed by atoms with E-state index in [1.807, 2.05) is 0 Å². The van der Waals surface area contributed by atoms with E-state index >= 15 is 0 Å². The van der Waals surface area contributed by atoms with Crippen molar-refractivity contribution in [1.82, 2.24) is 0 Å². The number of hydrogen-bond donors (Lipinski definition) is 2. The van der Waals surface area contributed by atoms with Crippen LogP contribution < -0.4 is 10.6 Å². The predicted molar refractivity (Wildman–Crippen MR) is 95.5 cm³/mol. The molecule has 0 spiro atoms. The highest BCUT2D eigenvalue weighted by molar-refractivity contribution is 6.07. The van der Waals surface area contributed by atoms with Gasteiger partial charge in [-0.15, -0.1) is 0 Å². The molecule has 0 aliphatic heterocycles. The lowest BCUT2D eigenvalue weighted by Gasteiger charge is -2.06. The van der Waals surface area contributed by atoms with Gasteiger partial charge < -0.3 is 10.6 Å². The molecule has 0 aliphatic rings. The number of benzene rings is 2. The van der Waals surface area contributed by atoms with E-state index in [9.17, 15) is 19.7 Å². The summed E-state index contributed by atoms with van der Waals surface area (Å²) in [7, 11) is 0. The maximum Gasteiger partial charge on any atom is 0.269 e. The smallest absolute Gasteiger partial charge is 0.269 e. The van der Waals surface area contributed by atoms with Gasteiger partial charge in [-0.25, -0.2) is 0 Å². The standard InChI is InChI=1S/C18H14N4O4/c1-12(23)13-2-4-16(5-3-13)21-18(24)14(10-19)11-20-15-6-8-17(9-7-15)22(25)26/h2-9,11,20H,1H3,(H,21,24)/b14-11-. The fourth-order valence-electron chi connectivity index (χ4n) is 1.97. The molecule has 0 fully saturated rings. The van der Waals surface area contributed by atoms with Crippen LogP contribution in [-0.4, -0.2) is 16.6 Å². The van der Waals surface area contributed by atoms with Gasteiger partial charge in [-0.3, -0.25) is 19.7 Å². The molecule has 0 unspecified atom stereocenters. The predicted octanol–water partition coefficient (Wildman–Crippen LogP) is 3.26. The Balaban J connectivity index is 2.05. The van der Waals surface area contributed by atoms with Crippen LogP contribution in [0.15, 0.2) is 60.3 Å². The third-order valence-electron chi connectivity index (χ3n) is 3.38. The van der Waals surface area contributed by atoms with Crippen LogP contribution >= 0.6 is 0 Å². The van der Waals surface area contributed by atoms with Crippen LogP contribution in [-0.2, 0) is 4.79 Å². The van der Waals surface area contributed by atoms with Gasteiger partial charge in [0.05, 0.1) is 4.92 Å². The largest absolute Gasteiger partial charge is 0.360 e. The molecule has 0 bridgehead atoms. The van der Waals surface area contributed by atoms with Gasteiger partial charge in [0, 0.05) is 35.3 Å². The number of nitro groups is 1. The second-order valence-corrected chi connectivity index (χ2v) is 5.21. The average Bonchev–Trinajstić information content (AvgIpc) is 2.63. The van der Waals surface area contributed by atoms with Crippen molar-refractivity contribution in [3.63, 3.8) is 0 Å². The molecule has 2 N–H and O–H groups in total. The van der Waals surface area contributed by atoms with Gasteiger partial charge in [-0.1, -0.05) is 0 Å². The first kappa shape index (κ1) is 18.4. The van der Waals surface area contributed by atoms with Gasteiger partial charge >= 0.3 is 0 Å². The van der Waals surface area contributed by atoms with Crippen LogP contribution in [0.1, 0.15) is 17.3 Å². The molecule has 2 rings (SSSR count). The van der Waals surface area contributed by atoms with Crippen molar-refractivity contribution >= 4 is 28.8 Å². The molecular weight excluding hydrogens is 336 g/mol. The maximum absolute atomic E-state index is 12.1. The number of nitro benzene ring substituents is 1. The zero-order valence-electron chi connectivity index (χ0n) is 13.7. The van der Waals surface area contributed by atoms with Crippen molar-refractivity contribution in [3.8, 4) is 6.07 Å². The zero-order valence-corrected chi connectivity index (χ0v) is 13.7. The van der Waals surface area contributed by atoms with Crippen LogP contribution in [0.5, 0.6) is 0 Å². The Hall–Kier alpha value is -3.99. The quantitative estimate of drug-likeness (QED) is 0.271. The van der Waals surface area contributed by atoms with E-state index < -0.39 is 10.8 Å². The molecule has 0 aromatic heterocycles. The fourth-order valence-corrected chi connectivity index (χ4v) is 1.97. The third-order valence-corrected chi connectivity index (χ3v) is 3.38. The first-order valence-electron chi connectivity index (χ1n) is 7.44. The van der Waals surface area contributed by atoms with E-state index in [0.29, 0.717) is 16.9 Å². The van der Waals surface area contributed by atoms with E-state index in [4.69, 9.17) is 5.26 Å². The number of carbonyl (C=O) groups excluding carboxylic acids is 2. The van der Waals surface area contributed by atoms with Crippen LogP contribution in [0.3, 0.4) is 0 Å². The highest BCUT2D eigenvalue weighted by atomic mass is 16.6. The van der Waals surface area contributed by atoms with Crippen molar-refractivity contribution in [2.75, 3.05) is 10.6 Å². The Morgan fingerprint density at radius 2 is 1.65 bits per heavy atom. The maximum atomic E-state index is 12.1. The lowest BCUT2D eigenvalue weighted by atomic mass is 10.1. The Bertz CT molecular complexity index is 910. The number of amides is 1. The lowest BCUT2D eigenvalue weighted by molar-refractivity contribution is -0.384. The topological polar surface area (TPSA) is 125 Å². The number of ketones is 1. The molecule has 0 heterocycles. The minimum atomic E-state index is -0.627. The molecule has 0 atom stereocenters. The van der Waals surface area contributed by atoms with Crippen molar-refractivity contribution in [2.24, 2.45) is 0 Å². The molecule has 0 saturated carbocycles. The van der Waals surface area contributed by atoms with Gasteiger partial charge in [0.1, 0.15) is 11.6 Å². The zero-order chi connectivity index (χ0) is 19.1. The third kappa shape index (κ3) is 4.75. The summed E-state index contributed by atoms with van der Waals surface area (Å²) >= 11 is 0. The molecule has 8 heteroatoms. The van der Waals surface area contributed by atoms with Crippen LogP contribution in [0.2, 0.25) is 0 Å². The van der Waals surface area contributed by atoms with Gasteiger partial charge in [-0.05, 0) is 43.3 Å². The molecule has 26 heavy (non-hydrogen) atoms. The monoisotopic (exact) mass is 350 g/mol. The van der Waals surface area contributed by atoms with E-state index in [2.05, 4.69) is 10.6 Å². The Labute approximate surface area is 148 Å². The summed E-state index contributed by atoms with van der Waals surface area (Å²) < 4.78 is 0. The molecule has 130 valence electrons. The molecule has 0 aliphatic carbocycles. The number of nitrogens with one attached hydrogen (secondary N) is 2. The minimum absolute atomic E-state index is 0.0632. The number of Topliss-reactive ketones (excluding diaryl/α,β-unsaturated/α-hetero) is 1. The summed E-state index contributed by atoms with van der Waals surface area (Å²) in [5.41, 5.74) is 1.20. The van der Waals surface area contributed by atoms with Crippen molar-refractivity contribution in [3.05, 3.63) is 76.0 Å². The van der Waals surface area contributed by atoms with E-state index in [-0.39, 0.29) is 17.0 Å². The second kappa shape index (κ2) is 8.21. The normalized spacial score (nSPS) is 10.5. The van der Waals surface area contributed by atoms with E-state index in [0.717, 1.165) is 0 Å². The van der Waals surface area contributed by atoms with E-state index in [1.54, 1.807) is 30.3 Å². The van der Waals surface area contributed by atoms with Crippen molar-refractivity contribution < 1.29 is 14.5 Å². The van der Waals surface area contributed by atoms with Gasteiger partial charge in [0.25, 0.3) is 11.6 Å². The highest BCUT2D eigenvalue weighted by Crippen LogP contribution is 2.16. The summed E-state index contributed by atoms with van der Waals surface area (Å²) in [6.45, 7) is 1.44. The van der Waals surface area contributed by atoms with Crippen LogP contribution in [0.25, 0.3) is 0 Å². The number of non-ortho nitro benzene ring substituents is 1. The number of nitriles is 1.